The Hall–Kier alpha value is -4.45. The minimum absolute atomic E-state index is 0.0957. The van der Waals surface area contributed by atoms with Crippen molar-refractivity contribution >= 4 is 33.7 Å². The van der Waals surface area contributed by atoms with Gasteiger partial charge in [-0.2, -0.15) is 0 Å². The predicted molar refractivity (Wildman–Crippen MR) is 138 cm³/mol. The Labute approximate surface area is 202 Å². The average Bonchev–Trinajstić information content (AvgIpc) is 3.38. The first kappa shape index (κ1) is 21.1. The van der Waals surface area contributed by atoms with Gasteiger partial charge in [-0.25, -0.2) is 0 Å². The third-order valence-electron chi connectivity index (χ3n) is 7.08. The highest BCUT2D eigenvalue weighted by Crippen LogP contribution is 2.51. The summed E-state index contributed by atoms with van der Waals surface area (Å²) >= 11 is 0. The van der Waals surface area contributed by atoms with Gasteiger partial charge in [-0.1, -0.05) is 60.7 Å². The van der Waals surface area contributed by atoms with Crippen molar-refractivity contribution in [3.63, 3.8) is 0 Å². The van der Waals surface area contributed by atoms with Gasteiger partial charge in [-0.05, 0) is 58.5 Å². The molecular weight excluding hydrogens is 438 g/mol. The second kappa shape index (κ2) is 8.40. The van der Waals surface area contributed by atoms with Gasteiger partial charge in [0.2, 0.25) is 0 Å². The Morgan fingerprint density at radius 2 is 1.83 bits per heavy atom. The maximum atomic E-state index is 12.8. The van der Waals surface area contributed by atoms with Crippen LogP contribution in [0.15, 0.2) is 97.1 Å². The number of fused-ring (bicyclic) bond motifs is 5. The molecule has 0 bridgehead atoms. The van der Waals surface area contributed by atoms with E-state index in [2.05, 4.69) is 65.3 Å². The highest BCUT2D eigenvalue weighted by molar-refractivity contribution is 6.04. The number of hydrogen-bond donors (Lipinski definition) is 2. The number of benzene rings is 4. The van der Waals surface area contributed by atoms with Gasteiger partial charge in [0.15, 0.2) is 0 Å². The van der Waals surface area contributed by atoms with Crippen LogP contribution in [0.4, 0.5) is 17.1 Å². The first-order chi connectivity index (χ1) is 17.1. The molecule has 0 aromatic heterocycles. The second-order valence-electron chi connectivity index (χ2n) is 9.11. The first-order valence-corrected chi connectivity index (χ1v) is 11.7. The number of rotatable bonds is 4. The molecule has 0 radical (unpaired) electrons. The van der Waals surface area contributed by atoms with E-state index in [0.717, 1.165) is 17.7 Å². The SMILES string of the molecule is O=C(Nc1cccc([C@@H]2Nc3ccc4ccccc4c3[C@H]3C=CC[C@@H]32)c1)c1cccc([N+](=O)[O-])c1. The van der Waals surface area contributed by atoms with Gasteiger partial charge in [0.25, 0.3) is 11.6 Å². The molecule has 0 saturated heterocycles. The van der Waals surface area contributed by atoms with Gasteiger partial charge >= 0.3 is 0 Å². The Balaban J connectivity index is 1.31. The minimum Gasteiger partial charge on any atom is -0.378 e. The summed E-state index contributed by atoms with van der Waals surface area (Å²) in [6.45, 7) is 0. The van der Waals surface area contributed by atoms with E-state index in [4.69, 9.17) is 0 Å². The molecule has 6 heteroatoms. The molecule has 3 atom stereocenters. The van der Waals surface area contributed by atoms with Crippen LogP contribution in [0.3, 0.4) is 0 Å². The number of amides is 1. The molecular formula is C29H23N3O3. The molecule has 2 N–H and O–H groups in total. The van der Waals surface area contributed by atoms with Crippen LogP contribution in [0.5, 0.6) is 0 Å². The number of allylic oxidation sites excluding steroid dienone is 2. The number of nitro benzene ring substituents is 1. The van der Waals surface area contributed by atoms with E-state index < -0.39 is 4.92 Å². The van der Waals surface area contributed by atoms with Gasteiger partial charge in [0.05, 0.1) is 11.0 Å². The van der Waals surface area contributed by atoms with Gasteiger partial charge in [0, 0.05) is 35.0 Å². The third-order valence-corrected chi connectivity index (χ3v) is 7.08. The van der Waals surface area contributed by atoms with E-state index in [-0.39, 0.29) is 23.2 Å². The molecule has 1 aliphatic carbocycles. The van der Waals surface area contributed by atoms with Gasteiger partial charge in [-0.3, -0.25) is 14.9 Å². The average molecular weight is 462 g/mol. The fourth-order valence-corrected chi connectivity index (χ4v) is 5.48. The molecule has 1 heterocycles. The lowest BCUT2D eigenvalue weighted by Crippen LogP contribution is -2.29. The van der Waals surface area contributed by atoms with E-state index in [0.29, 0.717) is 17.5 Å². The number of carbonyl (C=O) groups is 1. The zero-order chi connectivity index (χ0) is 23.9. The number of nitrogens with one attached hydrogen (secondary N) is 2. The van der Waals surface area contributed by atoms with Crippen LogP contribution in [0.1, 0.15) is 39.9 Å². The molecule has 1 aliphatic heterocycles. The fraction of sp³-hybridized carbons (Fsp3) is 0.138. The Morgan fingerprint density at radius 3 is 2.71 bits per heavy atom. The summed E-state index contributed by atoms with van der Waals surface area (Å²) in [4.78, 5) is 23.4. The summed E-state index contributed by atoms with van der Waals surface area (Å²) < 4.78 is 0. The molecule has 0 fully saturated rings. The molecule has 0 spiro atoms. The normalized spacial score (nSPS) is 20.1. The topological polar surface area (TPSA) is 84.3 Å². The van der Waals surface area contributed by atoms with Gasteiger partial charge in [0.1, 0.15) is 0 Å². The van der Waals surface area contributed by atoms with Crippen molar-refractivity contribution in [1.82, 2.24) is 0 Å². The second-order valence-corrected chi connectivity index (χ2v) is 9.11. The number of nitro groups is 1. The van der Waals surface area contributed by atoms with Gasteiger partial charge < -0.3 is 10.6 Å². The van der Waals surface area contributed by atoms with Crippen molar-refractivity contribution in [3.8, 4) is 0 Å². The monoisotopic (exact) mass is 461 g/mol. The summed E-state index contributed by atoms with van der Waals surface area (Å²) in [5.41, 5.74) is 4.40. The molecule has 4 aromatic carbocycles. The van der Waals surface area contributed by atoms with Crippen LogP contribution in [-0.2, 0) is 0 Å². The van der Waals surface area contributed by atoms with E-state index in [9.17, 15) is 14.9 Å². The zero-order valence-corrected chi connectivity index (χ0v) is 18.8. The van der Waals surface area contributed by atoms with E-state index in [1.807, 2.05) is 18.2 Å². The van der Waals surface area contributed by atoms with Crippen LogP contribution >= 0.6 is 0 Å². The van der Waals surface area contributed by atoms with Crippen molar-refractivity contribution in [2.75, 3.05) is 10.6 Å². The Kier molecular flexibility index (Phi) is 5.07. The molecule has 6 rings (SSSR count). The number of carbonyl (C=O) groups excluding carboxylic acids is 1. The number of anilines is 2. The minimum atomic E-state index is -0.501. The zero-order valence-electron chi connectivity index (χ0n) is 18.8. The number of nitrogens with zero attached hydrogens (tertiary/aromatic N) is 1. The maximum absolute atomic E-state index is 12.8. The van der Waals surface area contributed by atoms with Crippen LogP contribution in [0.2, 0.25) is 0 Å². The van der Waals surface area contributed by atoms with Crippen molar-refractivity contribution in [3.05, 3.63) is 124 Å². The van der Waals surface area contributed by atoms with E-state index in [1.54, 1.807) is 6.07 Å². The smallest absolute Gasteiger partial charge is 0.270 e. The summed E-state index contributed by atoms with van der Waals surface area (Å²) in [5, 5.41) is 20.3. The summed E-state index contributed by atoms with van der Waals surface area (Å²) in [7, 11) is 0. The molecule has 2 aliphatic rings. The molecule has 4 aromatic rings. The lowest BCUT2D eigenvalue weighted by atomic mass is 9.75. The van der Waals surface area contributed by atoms with Gasteiger partial charge in [-0.15, -0.1) is 0 Å². The summed E-state index contributed by atoms with van der Waals surface area (Å²) in [5.74, 6) is 0.321. The Bertz CT molecular complexity index is 1510. The lowest BCUT2D eigenvalue weighted by molar-refractivity contribution is -0.384. The first-order valence-electron chi connectivity index (χ1n) is 11.7. The van der Waals surface area contributed by atoms with Crippen LogP contribution in [0, 0.1) is 16.0 Å². The standard InChI is InChI=1S/C29H23N3O3/c33-29(20-8-4-10-22(17-20)32(34)35)30-21-9-3-7-19(16-21)28-25-13-5-12-24(25)27-23-11-2-1-6-18(23)14-15-26(27)31-28/h1-12,14-17,24-25,28,31H,13H2,(H,30,33)/t24-,25-,28-/m0/s1. The van der Waals surface area contributed by atoms with Crippen LogP contribution in [0.25, 0.3) is 10.8 Å². The molecule has 0 unspecified atom stereocenters. The molecule has 35 heavy (non-hydrogen) atoms. The fourth-order valence-electron chi connectivity index (χ4n) is 5.48. The molecule has 6 nitrogen and oxygen atoms in total. The predicted octanol–water partition coefficient (Wildman–Crippen LogP) is 6.83. The van der Waals surface area contributed by atoms with Crippen LogP contribution < -0.4 is 10.6 Å². The van der Waals surface area contributed by atoms with Crippen molar-refractivity contribution in [1.29, 1.82) is 0 Å². The van der Waals surface area contributed by atoms with Crippen LogP contribution in [-0.4, -0.2) is 10.8 Å². The maximum Gasteiger partial charge on any atom is 0.270 e. The van der Waals surface area contributed by atoms with E-state index >= 15 is 0 Å². The quantitative estimate of drug-likeness (QED) is 0.198. The number of hydrogen-bond acceptors (Lipinski definition) is 4. The van der Waals surface area contributed by atoms with E-state index in [1.165, 1.54) is 34.5 Å². The highest BCUT2D eigenvalue weighted by atomic mass is 16.6. The largest absolute Gasteiger partial charge is 0.378 e. The molecule has 172 valence electrons. The molecule has 0 saturated carbocycles. The summed E-state index contributed by atoms with van der Waals surface area (Å²) in [6.07, 6.45) is 5.59. The van der Waals surface area contributed by atoms with Crippen molar-refractivity contribution in [2.24, 2.45) is 5.92 Å². The molecule has 1 amide bonds. The Morgan fingerprint density at radius 1 is 0.971 bits per heavy atom. The van der Waals surface area contributed by atoms with Crippen molar-refractivity contribution in [2.45, 2.75) is 18.4 Å². The summed E-state index contributed by atoms with van der Waals surface area (Å²) in [6, 6.07) is 26.6. The lowest BCUT2D eigenvalue weighted by Gasteiger charge is -2.38. The third kappa shape index (κ3) is 3.73. The highest BCUT2D eigenvalue weighted by Gasteiger charge is 2.38. The van der Waals surface area contributed by atoms with Crippen molar-refractivity contribution < 1.29 is 9.72 Å². The number of non-ortho nitro benzene ring substituents is 1.